The summed E-state index contributed by atoms with van der Waals surface area (Å²) >= 11 is 5.73. The predicted octanol–water partition coefficient (Wildman–Crippen LogP) is 2.58. The summed E-state index contributed by atoms with van der Waals surface area (Å²) < 4.78 is 0. The Kier molecular flexibility index (Phi) is 8.82. The summed E-state index contributed by atoms with van der Waals surface area (Å²) in [5.41, 5.74) is 0. The Morgan fingerprint density at radius 2 is 1.73 bits per heavy atom. The zero-order chi connectivity index (χ0) is 11.7. The monoisotopic (exact) mass is 235 g/mol. The van der Waals surface area contributed by atoms with Crippen molar-refractivity contribution in [3.05, 3.63) is 0 Å². The minimum absolute atomic E-state index is 0.455. The van der Waals surface area contributed by atoms with Gasteiger partial charge in [-0.15, -0.1) is 11.6 Å². The molecule has 0 saturated heterocycles. The molecule has 3 nitrogen and oxygen atoms in total. The van der Waals surface area contributed by atoms with E-state index in [1.807, 2.05) is 0 Å². The zero-order valence-electron chi connectivity index (χ0n) is 9.71. The van der Waals surface area contributed by atoms with Crippen molar-refractivity contribution in [1.29, 1.82) is 0 Å². The topological polar surface area (TPSA) is 40.5 Å². The van der Waals surface area contributed by atoms with Crippen LogP contribution in [0.4, 0.5) is 0 Å². The number of nitrogens with zero attached hydrogens (tertiary/aromatic N) is 1. The van der Waals surface area contributed by atoms with Crippen LogP contribution in [0.25, 0.3) is 0 Å². The number of halogens is 1. The van der Waals surface area contributed by atoms with Gasteiger partial charge in [-0.1, -0.05) is 26.7 Å². The molecule has 4 heteroatoms. The highest BCUT2D eigenvalue weighted by atomic mass is 35.5. The molecule has 90 valence electrons. The minimum Gasteiger partial charge on any atom is -0.480 e. The van der Waals surface area contributed by atoms with Crippen LogP contribution in [0.1, 0.15) is 39.5 Å². The van der Waals surface area contributed by atoms with Gasteiger partial charge in [-0.2, -0.15) is 0 Å². The lowest BCUT2D eigenvalue weighted by atomic mass is 10.2. The zero-order valence-corrected chi connectivity index (χ0v) is 10.5. The van der Waals surface area contributed by atoms with Crippen molar-refractivity contribution in [1.82, 2.24) is 4.90 Å². The molecule has 0 aliphatic carbocycles. The second kappa shape index (κ2) is 8.98. The van der Waals surface area contributed by atoms with E-state index in [1.54, 1.807) is 0 Å². The quantitative estimate of drug-likeness (QED) is 0.625. The van der Waals surface area contributed by atoms with Crippen molar-refractivity contribution < 1.29 is 9.90 Å². The van der Waals surface area contributed by atoms with Crippen LogP contribution < -0.4 is 0 Å². The van der Waals surface area contributed by atoms with E-state index in [0.717, 1.165) is 38.8 Å². The summed E-state index contributed by atoms with van der Waals surface area (Å²) in [6.45, 7) is 6.62. The molecule has 0 aliphatic rings. The summed E-state index contributed by atoms with van der Waals surface area (Å²) in [5.74, 6) is -0.922. The Morgan fingerprint density at radius 3 is 2.07 bits per heavy atom. The van der Waals surface area contributed by atoms with Crippen LogP contribution in [0, 0.1) is 0 Å². The third-order valence-electron chi connectivity index (χ3n) is 2.34. The number of rotatable bonds is 9. The van der Waals surface area contributed by atoms with Crippen LogP contribution in [0.2, 0.25) is 0 Å². The highest BCUT2D eigenvalue weighted by Crippen LogP contribution is 2.04. The van der Waals surface area contributed by atoms with Crippen molar-refractivity contribution in [2.45, 2.75) is 44.9 Å². The minimum atomic E-state index is -0.922. The van der Waals surface area contributed by atoms with E-state index >= 15 is 0 Å². The van der Waals surface area contributed by atoms with Gasteiger partial charge in [-0.25, -0.2) is 0 Å². The Morgan fingerprint density at radius 1 is 1.27 bits per heavy atom. The van der Waals surface area contributed by atoms with Crippen LogP contribution in [-0.4, -0.2) is 41.0 Å². The molecule has 0 spiro atoms. The first-order valence-corrected chi connectivity index (χ1v) is 6.14. The lowest BCUT2D eigenvalue weighted by molar-refractivity contribution is -0.136. The number of carboxylic acid groups (broad SMARTS) is 1. The highest BCUT2D eigenvalue weighted by molar-refractivity contribution is 6.29. The third-order valence-corrected chi connectivity index (χ3v) is 2.67. The summed E-state index contributed by atoms with van der Waals surface area (Å²) in [6, 6.07) is 0. The maximum Gasteiger partial charge on any atom is 0.322 e. The maximum atomic E-state index is 10.6. The second-order valence-electron chi connectivity index (χ2n) is 3.81. The third kappa shape index (κ3) is 7.63. The van der Waals surface area contributed by atoms with Crippen molar-refractivity contribution in [3.8, 4) is 0 Å². The molecule has 0 aromatic rings. The van der Waals surface area contributed by atoms with E-state index in [2.05, 4.69) is 18.7 Å². The fraction of sp³-hybridized carbons (Fsp3) is 0.909. The van der Waals surface area contributed by atoms with Gasteiger partial charge in [0.2, 0.25) is 0 Å². The normalized spacial score (nSPS) is 13.1. The van der Waals surface area contributed by atoms with Gasteiger partial charge in [0.25, 0.3) is 0 Å². The van der Waals surface area contributed by atoms with Gasteiger partial charge in [0, 0.05) is 6.54 Å². The van der Waals surface area contributed by atoms with Crippen molar-refractivity contribution in [2.75, 3.05) is 19.6 Å². The number of hydrogen-bond donors (Lipinski definition) is 1. The fourth-order valence-electron chi connectivity index (χ4n) is 1.36. The van der Waals surface area contributed by atoms with Crippen LogP contribution in [0.5, 0.6) is 0 Å². The Bertz CT molecular complexity index is 168. The number of carboxylic acids is 1. The first kappa shape index (κ1) is 14.7. The molecule has 0 rings (SSSR count). The molecule has 15 heavy (non-hydrogen) atoms. The van der Waals surface area contributed by atoms with Crippen LogP contribution in [-0.2, 0) is 4.79 Å². The summed E-state index contributed by atoms with van der Waals surface area (Å²) in [7, 11) is 0. The molecule has 0 heterocycles. The molecule has 0 amide bonds. The van der Waals surface area contributed by atoms with Gasteiger partial charge in [0.1, 0.15) is 5.38 Å². The van der Waals surface area contributed by atoms with Crippen LogP contribution in [0.15, 0.2) is 0 Å². The van der Waals surface area contributed by atoms with Crippen LogP contribution in [0.3, 0.4) is 0 Å². The maximum absolute atomic E-state index is 10.6. The molecule has 0 aliphatic heterocycles. The summed E-state index contributed by atoms with van der Waals surface area (Å²) in [6.07, 6.45) is 4.46. The number of aliphatic carboxylic acids is 1. The SMILES string of the molecule is CCCCN(CCCC)CC(Cl)C(=O)O. The van der Waals surface area contributed by atoms with Gasteiger partial charge in [0.05, 0.1) is 0 Å². The highest BCUT2D eigenvalue weighted by Gasteiger charge is 2.17. The average molecular weight is 236 g/mol. The van der Waals surface area contributed by atoms with Crippen molar-refractivity contribution in [2.24, 2.45) is 0 Å². The largest absolute Gasteiger partial charge is 0.480 e. The van der Waals surface area contributed by atoms with Gasteiger partial charge >= 0.3 is 5.97 Å². The average Bonchev–Trinajstić information content (AvgIpc) is 2.21. The standard InChI is InChI=1S/C11H22ClNO2/c1-3-5-7-13(8-6-4-2)9-10(12)11(14)15/h10H,3-9H2,1-2H3,(H,14,15). The van der Waals surface area contributed by atoms with Crippen LogP contribution >= 0.6 is 11.6 Å². The number of alkyl halides is 1. The molecule has 1 atom stereocenters. The number of hydrogen-bond acceptors (Lipinski definition) is 2. The van der Waals surface area contributed by atoms with Crippen molar-refractivity contribution in [3.63, 3.8) is 0 Å². The van der Waals surface area contributed by atoms with E-state index in [1.165, 1.54) is 0 Å². The Balaban J connectivity index is 3.92. The van der Waals surface area contributed by atoms with Gasteiger partial charge in [-0.3, -0.25) is 4.79 Å². The van der Waals surface area contributed by atoms with E-state index in [-0.39, 0.29) is 0 Å². The van der Waals surface area contributed by atoms with E-state index in [0.29, 0.717) is 6.54 Å². The molecule has 0 aromatic carbocycles. The summed E-state index contributed by atoms with van der Waals surface area (Å²) in [4.78, 5) is 12.8. The number of carbonyl (C=O) groups is 1. The first-order valence-electron chi connectivity index (χ1n) is 5.71. The molecule has 0 aromatic heterocycles. The lowest BCUT2D eigenvalue weighted by Crippen LogP contribution is -2.35. The molecular weight excluding hydrogens is 214 g/mol. The fourth-order valence-corrected chi connectivity index (χ4v) is 1.56. The molecule has 0 radical (unpaired) electrons. The second-order valence-corrected chi connectivity index (χ2v) is 4.34. The predicted molar refractivity (Wildman–Crippen MR) is 63.5 cm³/mol. The van der Waals surface area contributed by atoms with Crippen molar-refractivity contribution >= 4 is 17.6 Å². The van der Waals surface area contributed by atoms with E-state index in [4.69, 9.17) is 16.7 Å². The van der Waals surface area contributed by atoms with E-state index < -0.39 is 11.3 Å². The molecule has 1 unspecified atom stereocenters. The number of unbranched alkanes of at least 4 members (excludes halogenated alkanes) is 2. The molecule has 0 fully saturated rings. The van der Waals surface area contributed by atoms with E-state index in [9.17, 15) is 4.79 Å². The molecule has 0 saturated carbocycles. The smallest absolute Gasteiger partial charge is 0.322 e. The Labute approximate surface area is 97.4 Å². The lowest BCUT2D eigenvalue weighted by Gasteiger charge is -2.22. The van der Waals surface area contributed by atoms with Gasteiger partial charge < -0.3 is 10.0 Å². The molecular formula is C11H22ClNO2. The van der Waals surface area contributed by atoms with Gasteiger partial charge in [-0.05, 0) is 25.9 Å². The summed E-state index contributed by atoms with van der Waals surface area (Å²) in [5, 5.41) is 7.94. The first-order chi connectivity index (χ1) is 7.11. The molecule has 0 bridgehead atoms. The Hall–Kier alpha value is -0.280. The van der Waals surface area contributed by atoms with Gasteiger partial charge in [0.15, 0.2) is 0 Å². The molecule has 1 N–H and O–H groups in total.